The van der Waals surface area contributed by atoms with Crippen LogP contribution in [0.25, 0.3) is 0 Å². The number of hydrogen-bond donors (Lipinski definition) is 1. The lowest BCUT2D eigenvalue weighted by Gasteiger charge is -2.31. The van der Waals surface area contributed by atoms with Crippen molar-refractivity contribution < 1.29 is 8.42 Å². The zero-order valence-electron chi connectivity index (χ0n) is 12.7. The quantitative estimate of drug-likeness (QED) is 0.882. The molecule has 1 aromatic rings. The first-order chi connectivity index (χ1) is 10.6. The van der Waals surface area contributed by atoms with Gasteiger partial charge in [-0.05, 0) is 42.2 Å². The summed E-state index contributed by atoms with van der Waals surface area (Å²) in [6, 6.07) is 8.30. The van der Waals surface area contributed by atoms with Crippen LogP contribution in [0.15, 0.2) is 24.3 Å². The van der Waals surface area contributed by atoms with Crippen molar-refractivity contribution in [2.75, 3.05) is 19.6 Å². The molecule has 1 aliphatic carbocycles. The highest BCUT2D eigenvalue weighted by Gasteiger charge is 2.46. The molecule has 1 saturated carbocycles. The third-order valence-corrected chi connectivity index (χ3v) is 7.54. The van der Waals surface area contributed by atoms with Crippen LogP contribution in [-0.4, -0.2) is 42.7 Å². The topological polar surface area (TPSA) is 66.6 Å². The third kappa shape index (κ3) is 2.29. The average Bonchev–Trinajstić information content (AvgIpc) is 3.10. The second-order valence-electron chi connectivity index (χ2n) is 6.84. The Morgan fingerprint density at radius 3 is 2.59 bits per heavy atom. The number of hydrogen-bond acceptors (Lipinski definition) is 3. The molecule has 0 radical (unpaired) electrons. The summed E-state index contributed by atoms with van der Waals surface area (Å²) in [6.45, 7) is 2.33. The van der Waals surface area contributed by atoms with Gasteiger partial charge in [-0.3, -0.25) is 0 Å². The Kier molecular flexibility index (Phi) is 3.52. The van der Waals surface area contributed by atoms with Crippen molar-refractivity contribution in [2.24, 2.45) is 17.6 Å². The van der Waals surface area contributed by atoms with E-state index in [-0.39, 0.29) is 6.04 Å². The number of nitrogens with zero attached hydrogens (tertiary/aromatic N) is 2. The molecule has 6 heteroatoms. The first-order valence-corrected chi connectivity index (χ1v) is 9.53. The Morgan fingerprint density at radius 1 is 1.05 bits per heavy atom. The molecule has 0 amide bonds. The minimum absolute atomic E-state index is 0.173. The molecule has 2 heterocycles. The molecule has 2 aliphatic heterocycles. The van der Waals surface area contributed by atoms with Gasteiger partial charge in [0.25, 0.3) is 10.2 Å². The maximum Gasteiger partial charge on any atom is 0.282 e. The standard InChI is InChI=1S/C16H23N3O2S/c17-16-6-5-14-10-19(11-15(14)16)22(20,21)18-8-7-12-3-1-2-4-13(12)9-18/h1-4,14-16H,5-11,17H2. The SMILES string of the molecule is NC1CCC2CN(S(=O)(=O)N3CCc4ccccc4C3)CC12. The Bertz CT molecular complexity index is 676. The van der Waals surface area contributed by atoms with Crippen molar-refractivity contribution in [3.8, 4) is 0 Å². The molecule has 4 rings (SSSR count). The fraction of sp³-hybridized carbons (Fsp3) is 0.625. The first-order valence-electron chi connectivity index (χ1n) is 8.13. The highest BCUT2D eigenvalue weighted by molar-refractivity contribution is 7.86. The van der Waals surface area contributed by atoms with E-state index in [4.69, 9.17) is 5.73 Å². The van der Waals surface area contributed by atoms with Gasteiger partial charge in [0.05, 0.1) is 0 Å². The van der Waals surface area contributed by atoms with Gasteiger partial charge >= 0.3 is 0 Å². The van der Waals surface area contributed by atoms with Crippen LogP contribution in [0.5, 0.6) is 0 Å². The molecule has 0 bridgehead atoms. The number of benzene rings is 1. The Hall–Kier alpha value is -0.950. The number of rotatable bonds is 2. The molecule has 22 heavy (non-hydrogen) atoms. The van der Waals surface area contributed by atoms with Gasteiger partial charge < -0.3 is 5.73 Å². The minimum atomic E-state index is -3.36. The van der Waals surface area contributed by atoms with E-state index >= 15 is 0 Å². The van der Waals surface area contributed by atoms with E-state index in [2.05, 4.69) is 6.07 Å². The summed E-state index contributed by atoms with van der Waals surface area (Å²) in [5.74, 6) is 0.814. The summed E-state index contributed by atoms with van der Waals surface area (Å²) in [5.41, 5.74) is 8.54. The van der Waals surface area contributed by atoms with Gasteiger partial charge in [-0.2, -0.15) is 17.0 Å². The molecule has 2 N–H and O–H groups in total. The first kappa shape index (κ1) is 14.6. The molecule has 120 valence electrons. The monoisotopic (exact) mass is 321 g/mol. The van der Waals surface area contributed by atoms with Crippen molar-refractivity contribution >= 4 is 10.2 Å². The van der Waals surface area contributed by atoms with Crippen LogP contribution in [0.1, 0.15) is 24.0 Å². The van der Waals surface area contributed by atoms with Crippen LogP contribution in [0, 0.1) is 11.8 Å². The van der Waals surface area contributed by atoms with Gasteiger partial charge in [0.2, 0.25) is 0 Å². The maximum absolute atomic E-state index is 12.9. The molecule has 3 unspecified atom stereocenters. The van der Waals surface area contributed by atoms with Crippen LogP contribution in [-0.2, 0) is 23.2 Å². The lowest BCUT2D eigenvalue weighted by atomic mass is 9.98. The largest absolute Gasteiger partial charge is 0.327 e. The zero-order valence-corrected chi connectivity index (χ0v) is 13.5. The van der Waals surface area contributed by atoms with Crippen molar-refractivity contribution in [3.63, 3.8) is 0 Å². The van der Waals surface area contributed by atoms with E-state index in [0.717, 1.165) is 24.8 Å². The van der Waals surface area contributed by atoms with Crippen LogP contribution in [0.2, 0.25) is 0 Å². The molecule has 1 aromatic carbocycles. The van der Waals surface area contributed by atoms with Gasteiger partial charge in [0.15, 0.2) is 0 Å². The van der Waals surface area contributed by atoms with Crippen LogP contribution >= 0.6 is 0 Å². The molecule has 3 atom stereocenters. The van der Waals surface area contributed by atoms with Crippen molar-refractivity contribution in [1.82, 2.24) is 8.61 Å². The van der Waals surface area contributed by atoms with Gasteiger partial charge in [-0.25, -0.2) is 0 Å². The van der Waals surface area contributed by atoms with Crippen molar-refractivity contribution in [1.29, 1.82) is 0 Å². The number of nitrogens with two attached hydrogens (primary N) is 1. The summed E-state index contributed by atoms with van der Waals surface area (Å²) < 4.78 is 29.2. The average molecular weight is 321 g/mol. The minimum Gasteiger partial charge on any atom is -0.327 e. The van der Waals surface area contributed by atoms with Gasteiger partial charge in [-0.1, -0.05) is 24.3 Å². The van der Waals surface area contributed by atoms with Crippen molar-refractivity contribution in [2.45, 2.75) is 31.8 Å². The van der Waals surface area contributed by atoms with E-state index in [1.807, 2.05) is 18.2 Å². The van der Waals surface area contributed by atoms with Gasteiger partial charge in [-0.15, -0.1) is 0 Å². The van der Waals surface area contributed by atoms with E-state index in [9.17, 15) is 8.42 Å². The third-order valence-electron chi connectivity index (χ3n) is 5.63. The van der Waals surface area contributed by atoms with E-state index < -0.39 is 10.2 Å². The lowest BCUT2D eigenvalue weighted by molar-refractivity contribution is 0.335. The van der Waals surface area contributed by atoms with E-state index in [1.54, 1.807) is 8.61 Å². The molecular formula is C16H23N3O2S. The zero-order chi connectivity index (χ0) is 15.3. The van der Waals surface area contributed by atoms with Crippen molar-refractivity contribution in [3.05, 3.63) is 35.4 Å². The molecule has 0 spiro atoms. The van der Waals surface area contributed by atoms with Gasteiger partial charge in [0, 0.05) is 32.2 Å². The van der Waals surface area contributed by atoms with E-state index in [0.29, 0.717) is 38.0 Å². The number of fused-ring (bicyclic) bond motifs is 2. The highest BCUT2D eigenvalue weighted by atomic mass is 32.2. The highest BCUT2D eigenvalue weighted by Crippen LogP contribution is 2.39. The Balaban J connectivity index is 1.53. The molecule has 3 aliphatic rings. The molecule has 2 fully saturated rings. The second kappa shape index (κ2) is 5.30. The fourth-order valence-corrected chi connectivity index (χ4v) is 5.98. The second-order valence-corrected chi connectivity index (χ2v) is 8.77. The normalized spacial score (nSPS) is 32.9. The predicted octanol–water partition coefficient (Wildman–Crippen LogP) is 0.959. The molecule has 5 nitrogen and oxygen atoms in total. The summed E-state index contributed by atoms with van der Waals surface area (Å²) in [6.07, 6.45) is 2.91. The molecule has 1 saturated heterocycles. The Labute approximate surface area is 132 Å². The van der Waals surface area contributed by atoms with E-state index in [1.165, 1.54) is 5.56 Å². The fourth-order valence-electron chi connectivity index (χ4n) is 4.29. The summed E-state index contributed by atoms with van der Waals surface area (Å²) in [5, 5.41) is 0. The van der Waals surface area contributed by atoms with Crippen LogP contribution < -0.4 is 5.73 Å². The van der Waals surface area contributed by atoms with Crippen LogP contribution in [0.4, 0.5) is 0 Å². The lowest BCUT2D eigenvalue weighted by Crippen LogP contribution is -2.45. The summed E-state index contributed by atoms with van der Waals surface area (Å²) >= 11 is 0. The summed E-state index contributed by atoms with van der Waals surface area (Å²) in [7, 11) is -3.36. The smallest absolute Gasteiger partial charge is 0.282 e. The summed E-state index contributed by atoms with van der Waals surface area (Å²) in [4.78, 5) is 0. The predicted molar refractivity (Wildman–Crippen MR) is 85.2 cm³/mol. The Morgan fingerprint density at radius 2 is 1.82 bits per heavy atom. The van der Waals surface area contributed by atoms with Crippen LogP contribution in [0.3, 0.4) is 0 Å². The van der Waals surface area contributed by atoms with Gasteiger partial charge in [0.1, 0.15) is 0 Å². The maximum atomic E-state index is 12.9. The molecular weight excluding hydrogens is 298 g/mol. The molecule has 0 aromatic heterocycles.